The number of nitrogens with zero attached hydrogens (tertiary/aromatic N) is 3. The van der Waals surface area contributed by atoms with Crippen LogP contribution in [0.2, 0.25) is 0 Å². The molecule has 0 saturated carbocycles. The molecule has 0 fully saturated rings. The lowest BCUT2D eigenvalue weighted by atomic mass is 10.1. The summed E-state index contributed by atoms with van der Waals surface area (Å²) in [5, 5.41) is 55.4. The first kappa shape index (κ1) is 171. The minimum Gasteiger partial charge on any atom is -0.395 e. The monoisotopic (exact) mass is 2000 g/mol. The van der Waals surface area contributed by atoms with E-state index in [9.17, 15) is 0 Å². The lowest BCUT2D eigenvalue weighted by Gasteiger charge is -2.13. The second-order valence-corrected chi connectivity index (χ2v) is 37.4. The first-order valence-corrected chi connectivity index (χ1v) is 61.1. The number of nitrogens with two attached hydrogens (primary N) is 7. The van der Waals surface area contributed by atoms with Gasteiger partial charge in [0.15, 0.2) is 0 Å². The summed E-state index contributed by atoms with van der Waals surface area (Å²) in [6.45, 7) is 76.8. The van der Waals surface area contributed by atoms with Gasteiger partial charge in [0.1, 0.15) is 0 Å². The normalized spacial score (nSPS) is 10.2. The number of aliphatic hydroxyl groups excluding tert-OH is 3. The zero-order valence-corrected chi connectivity index (χ0v) is 101. The van der Waals surface area contributed by atoms with Crippen LogP contribution >= 0.6 is 0 Å². The number of likely N-dealkylation sites (N-methyl/N-ethyl adjacent to an activating group) is 3. The van der Waals surface area contributed by atoms with Crippen molar-refractivity contribution in [1.82, 2.24) is 62.6 Å². The van der Waals surface area contributed by atoms with Crippen molar-refractivity contribution in [2.75, 3.05) is 244 Å². The van der Waals surface area contributed by atoms with Gasteiger partial charge in [-0.05, 0) is 287 Å². The fourth-order valence-electron chi connectivity index (χ4n) is 12.7. The summed E-state index contributed by atoms with van der Waals surface area (Å²) in [6, 6.07) is 0. The maximum atomic E-state index is 8.60. The van der Waals surface area contributed by atoms with Crippen LogP contribution in [0.4, 0.5) is 0 Å². The van der Waals surface area contributed by atoms with Crippen LogP contribution < -0.4 is 88.0 Å². The molecule has 0 saturated heterocycles. The van der Waals surface area contributed by atoms with Crippen LogP contribution in [0.5, 0.6) is 0 Å². The van der Waals surface area contributed by atoms with E-state index in [4.69, 9.17) is 55.5 Å². The van der Waals surface area contributed by atoms with Gasteiger partial charge in [0.2, 0.25) is 0 Å². The predicted molar refractivity (Wildman–Crippen MR) is 643 cm³/mol. The Labute approximate surface area is 880 Å². The number of rotatable bonds is 91. The van der Waals surface area contributed by atoms with Crippen molar-refractivity contribution in [3.8, 4) is 0 Å². The zero-order chi connectivity index (χ0) is 108. The van der Waals surface area contributed by atoms with Gasteiger partial charge in [0, 0.05) is 58.9 Å². The summed E-state index contributed by atoms with van der Waals surface area (Å²) < 4.78 is 0. The molecular weight excluding hydrogens is 1720 g/mol. The van der Waals surface area contributed by atoms with Gasteiger partial charge >= 0.3 is 0 Å². The maximum Gasteiger partial charge on any atom is 0.0558 e. The highest BCUT2D eigenvalue weighted by Crippen LogP contribution is 2.09. The van der Waals surface area contributed by atoms with E-state index in [1.807, 2.05) is 14.1 Å². The molecule has 0 aliphatic heterocycles. The molecule has 139 heavy (non-hydrogen) atoms. The topological polar surface area (TPSA) is 361 Å². The van der Waals surface area contributed by atoms with Gasteiger partial charge in [-0.15, -0.1) is 0 Å². The summed E-state index contributed by atoms with van der Waals surface area (Å²) in [7, 11) is 6.14. The minimum absolute atomic E-state index is 0.278. The van der Waals surface area contributed by atoms with E-state index in [0.717, 1.165) is 157 Å². The second kappa shape index (κ2) is 206. The molecule has 864 valence electrons. The largest absolute Gasteiger partial charge is 0.395 e. The Morgan fingerprint density at radius 2 is 0.281 bits per heavy atom. The van der Waals surface area contributed by atoms with Crippen molar-refractivity contribution in [2.24, 2.45) is 40.1 Å². The van der Waals surface area contributed by atoms with E-state index in [1.54, 1.807) is 0 Å². The SMILES string of the molecule is CCCCCCCCCN.CCCCCCCCCNCC.CCCCCCCN.CCCCCCCNCC.CCCCCCN(C)CCO.CCCCCN.CCCCCN(C)CCO.CCCCCNCC.CCCCCNCCC.CCCCCNCCCCC.CCCCCNCCN.CCCCCNCCN.CCCCN(C)CCO.CCCNCCCCCN.CCCNCCN. The number of hydrogen-bond acceptors (Lipinski definition) is 22. The van der Waals surface area contributed by atoms with Gasteiger partial charge in [-0.1, -0.05) is 402 Å². The smallest absolute Gasteiger partial charge is 0.0558 e. The van der Waals surface area contributed by atoms with E-state index in [1.165, 1.54) is 431 Å². The average Bonchev–Trinajstić information content (AvgIpc) is 0.832. The molecule has 0 amide bonds. The van der Waals surface area contributed by atoms with Crippen LogP contribution in [0, 0.1) is 0 Å². The maximum absolute atomic E-state index is 8.60. The third-order valence-corrected chi connectivity index (χ3v) is 22.0. The standard InChI is InChI=1S/C11H25N.C10H23N.C9H21NO.2C9H21N.C8H20N2.C8H19NO.C8H19N.2C7H18N2.C7H17NO.2C7H17N.C5H14N2.C5H13N/c1-3-5-6-7-8-9-10-11-12-4-2;1-3-5-7-9-11-10-8-6-4-2;1-3-4-5-6-7-10(2)8-9-11;1-3-5-6-7-8-9-10-4-2;1-2-3-4-5-6-7-8-9-10;1-2-7-10-8-5-3-4-6-9;1-3-4-5-6-9(2)7-8-10;1-3-5-6-8-9-7-4-2;2*1-2-3-4-6-9-7-5-8;1-3-4-5-8(2)6-7-9;1-3-5-6-7-8-4-2;1-2-3-4-5-6-7-8;1-2-4-7-5-3-6;1-2-3-4-5-6/h12H,3-11H2,1-2H3;11H,3-10H2,1-2H3;11H,3-9H2,1-2H3;10H,3-9H2,1-2H3;2-10H2,1H3;10H,2-9H2,1H3;10H,3-8H2,1-2H3;9H,3-8H2,1-2H3;2*9H,2-8H2,1H3;9H,3-7H2,1-2H3;8H,3-7H2,1-2H3;2-8H2,1H3;7H,2-6H2,1H3;2-6H2,1H3. The third-order valence-electron chi connectivity index (χ3n) is 22.0. The number of hydrogen-bond donors (Lipinski definition) is 19. The molecule has 0 heterocycles. The third kappa shape index (κ3) is 271. The van der Waals surface area contributed by atoms with Crippen molar-refractivity contribution in [1.29, 1.82) is 0 Å². The van der Waals surface area contributed by atoms with Gasteiger partial charge < -0.3 is 118 Å². The molecular formula is C117H283N19O3. The summed E-state index contributed by atoms with van der Waals surface area (Å²) in [5.74, 6) is 0. The Hall–Kier alpha value is -0.880. The van der Waals surface area contributed by atoms with Crippen LogP contribution in [0.25, 0.3) is 0 Å². The molecule has 26 N–H and O–H groups in total. The van der Waals surface area contributed by atoms with Crippen LogP contribution in [0.1, 0.15) is 524 Å². The summed E-state index contributed by atoms with van der Waals surface area (Å²) in [5.41, 5.74) is 37.0. The molecule has 22 heteroatoms. The second-order valence-electron chi connectivity index (χ2n) is 37.4. The van der Waals surface area contributed by atoms with Crippen molar-refractivity contribution < 1.29 is 15.3 Å². The summed E-state index contributed by atoms with van der Waals surface area (Å²) in [4.78, 5) is 6.48. The fourth-order valence-corrected chi connectivity index (χ4v) is 12.7. The lowest BCUT2D eigenvalue weighted by molar-refractivity contribution is 0.219. The highest BCUT2D eigenvalue weighted by Gasteiger charge is 2.00. The summed E-state index contributed by atoms with van der Waals surface area (Å²) >= 11 is 0. The number of aliphatic hydroxyl groups is 3. The molecule has 0 aromatic carbocycles. The van der Waals surface area contributed by atoms with Crippen LogP contribution in [0.3, 0.4) is 0 Å². The Morgan fingerprint density at radius 3 is 0.489 bits per heavy atom. The molecule has 0 radical (unpaired) electrons. The first-order valence-electron chi connectivity index (χ1n) is 61.1. The fraction of sp³-hybridized carbons (Fsp3) is 1.00. The average molecular weight is 2000 g/mol. The molecule has 0 bridgehead atoms. The quantitative estimate of drug-likeness (QED) is 0.0252. The van der Waals surface area contributed by atoms with Gasteiger partial charge in [0.05, 0.1) is 19.8 Å². The molecule has 0 aromatic rings. The van der Waals surface area contributed by atoms with Crippen molar-refractivity contribution >= 4 is 0 Å². The molecule has 0 aliphatic rings. The molecule has 0 unspecified atom stereocenters. The zero-order valence-electron chi connectivity index (χ0n) is 101. The van der Waals surface area contributed by atoms with Crippen molar-refractivity contribution in [3.63, 3.8) is 0 Å². The molecule has 0 aliphatic carbocycles. The van der Waals surface area contributed by atoms with E-state index in [0.29, 0.717) is 0 Å². The molecule has 22 nitrogen and oxygen atoms in total. The van der Waals surface area contributed by atoms with Crippen LogP contribution in [-0.4, -0.2) is 274 Å². The molecule has 0 spiro atoms. The van der Waals surface area contributed by atoms with Crippen LogP contribution in [0.15, 0.2) is 0 Å². The molecule has 0 atom stereocenters. The Balaban J connectivity index is -0.0000000914. The Kier molecular flexibility index (Phi) is 254. The predicted octanol–water partition coefficient (Wildman–Crippen LogP) is 24.4. The van der Waals surface area contributed by atoms with Gasteiger partial charge in [0.25, 0.3) is 0 Å². The van der Waals surface area contributed by atoms with E-state index in [2.05, 4.69) is 208 Å². The molecule has 0 aromatic heterocycles. The van der Waals surface area contributed by atoms with E-state index >= 15 is 0 Å². The Bertz CT molecular complexity index is 1460. The van der Waals surface area contributed by atoms with Crippen LogP contribution in [-0.2, 0) is 0 Å². The Morgan fingerprint density at radius 1 is 0.137 bits per heavy atom. The van der Waals surface area contributed by atoms with Gasteiger partial charge in [-0.3, -0.25) is 0 Å². The van der Waals surface area contributed by atoms with Crippen molar-refractivity contribution in [2.45, 2.75) is 524 Å². The lowest BCUT2D eigenvalue weighted by Crippen LogP contribution is -2.23. The first-order chi connectivity index (χ1) is 67.9. The molecule has 0 rings (SSSR count). The highest BCUT2D eigenvalue weighted by atomic mass is 16.3. The van der Waals surface area contributed by atoms with Crippen molar-refractivity contribution in [3.05, 3.63) is 0 Å². The number of nitrogens with one attached hydrogen (secondary N) is 9. The number of unbranched alkanes of at least 4 members (excludes halogenated alkanes) is 42. The van der Waals surface area contributed by atoms with Gasteiger partial charge in [-0.2, -0.15) is 0 Å². The minimum atomic E-state index is 0.278. The van der Waals surface area contributed by atoms with E-state index < -0.39 is 0 Å². The highest BCUT2D eigenvalue weighted by molar-refractivity contribution is 4.57. The van der Waals surface area contributed by atoms with E-state index in [-0.39, 0.29) is 19.8 Å². The van der Waals surface area contributed by atoms with Gasteiger partial charge in [-0.25, -0.2) is 0 Å². The summed E-state index contributed by atoms with van der Waals surface area (Å²) in [6.07, 6.45) is 79.6.